The Bertz CT molecular complexity index is 955. The number of carbonyl (C=O) groups is 1. The molecular weight excluding hydrogens is 333 g/mol. The fourth-order valence-corrected chi connectivity index (χ4v) is 2.91. The minimum Gasteiger partial charge on any atom is -0.364 e. The van der Waals surface area contributed by atoms with E-state index in [0.717, 1.165) is 18.4 Å². The maximum Gasteiger partial charge on any atom is 0.357 e. The van der Waals surface area contributed by atoms with E-state index in [0.29, 0.717) is 28.3 Å². The Morgan fingerprint density at radius 1 is 1.15 bits per heavy atom. The van der Waals surface area contributed by atoms with Gasteiger partial charge in [0.25, 0.3) is 0 Å². The van der Waals surface area contributed by atoms with Gasteiger partial charge in [-0.05, 0) is 55.3 Å². The molecule has 0 saturated heterocycles. The molecule has 1 heterocycles. The van der Waals surface area contributed by atoms with Gasteiger partial charge in [-0.2, -0.15) is 0 Å². The van der Waals surface area contributed by atoms with E-state index in [1.807, 2.05) is 0 Å². The third-order valence-electron chi connectivity index (χ3n) is 4.73. The van der Waals surface area contributed by atoms with Crippen molar-refractivity contribution in [3.8, 4) is 11.3 Å². The summed E-state index contributed by atoms with van der Waals surface area (Å²) in [6.07, 6.45) is 4.90. The van der Waals surface area contributed by atoms with E-state index in [1.54, 1.807) is 48.6 Å². The van der Waals surface area contributed by atoms with Crippen molar-refractivity contribution in [2.75, 3.05) is 7.05 Å². The molecule has 132 valence electrons. The third kappa shape index (κ3) is 3.28. The lowest BCUT2D eigenvalue weighted by Crippen LogP contribution is -2.38. The van der Waals surface area contributed by atoms with Gasteiger partial charge in [0.2, 0.25) is 0 Å². The van der Waals surface area contributed by atoms with Crippen molar-refractivity contribution in [3.05, 3.63) is 60.0 Å². The van der Waals surface area contributed by atoms with Crippen molar-refractivity contribution >= 4 is 17.0 Å². The van der Waals surface area contributed by atoms with E-state index in [-0.39, 0.29) is 5.82 Å². The first-order valence-electron chi connectivity index (χ1n) is 8.58. The lowest BCUT2D eigenvalue weighted by atomic mass is 9.93. The van der Waals surface area contributed by atoms with Crippen molar-refractivity contribution in [1.29, 1.82) is 0 Å². The Hall–Kier alpha value is -2.86. The van der Waals surface area contributed by atoms with Gasteiger partial charge in [-0.15, -0.1) is 5.06 Å². The molecule has 0 amide bonds. The summed E-state index contributed by atoms with van der Waals surface area (Å²) in [6, 6.07) is 11.5. The van der Waals surface area contributed by atoms with Crippen molar-refractivity contribution in [1.82, 2.24) is 15.0 Å². The largest absolute Gasteiger partial charge is 0.364 e. The maximum absolute atomic E-state index is 13.1. The highest BCUT2D eigenvalue weighted by molar-refractivity contribution is 5.93. The van der Waals surface area contributed by atoms with E-state index in [1.165, 1.54) is 18.6 Å². The summed E-state index contributed by atoms with van der Waals surface area (Å²) in [5.41, 5.74) is 3.14. The molecule has 1 saturated carbocycles. The number of nitrogens with zero attached hydrogens (tertiary/aromatic N) is 3. The fourth-order valence-electron chi connectivity index (χ4n) is 2.91. The minimum atomic E-state index is -0.397. The molecule has 3 aromatic rings. The Morgan fingerprint density at radius 3 is 2.62 bits per heavy atom. The van der Waals surface area contributed by atoms with Crippen molar-refractivity contribution in [3.63, 3.8) is 0 Å². The van der Waals surface area contributed by atoms with E-state index in [4.69, 9.17) is 4.84 Å². The second-order valence-corrected chi connectivity index (χ2v) is 6.48. The zero-order valence-electron chi connectivity index (χ0n) is 14.4. The molecule has 0 N–H and O–H groups in total. The molecule has 1 aliphatic rings. The monoisotopic (exact) mass is 351 g/mol. The van der Waals surface area contributed by atoms with Crippen LogP contribution in [0.4, 0.5) is 4.39 Å². The molecule has 1 aliphatic carbocycles. The van der Waals surface area contributed by atoms with Crippen LogP contribution in [0.1, 0.15) is 29.6 Å². The zero-order valence-corrected chi connectivity index (χ0v) is 14.4. The normalized spacial score (nSPS) is 14.4. The fraction of sp³-hybridized carbons (Fsp3) is 0.250. The summed E-state index contributed by atoms with van der Waals surface area (Å²) < 4.78 is 13.1. The minimum absolute atomic E-state index is 0.294. The number of hydroxylamine groups is 2. The number of halogens is 1. The van der Waals surface area contributed by atoms with Gasteiger partial charge in [0.1, 0.15) is 5.82 Å². The molecule has 0 bridgehead atoms. The maximum atomic E-state index is 13.1. The quantitative estimate of drug-likeness (QED) is 0.665. The van der Waals surface area contributed by atoms with E-state index >= 15 is 0 Å². The van der Waals surface area contributed by atoms with E-state index < -0.39 is 5.97 Å². The molecule has 26 heavy (non-hydrogen) atoms. The van der Waals surface area contributed by atoms with Gasteiger partial charge >= 0.3 is 5.97 Å². The van der Waals surface area contributed by atoms with Crippen LogP contribution < -0.4 is 0 Å². The Balaban J connectivity index is 1.56. The van der Waals surface area contributed by atoms with Crippen LogP contribution in [0.5, 0.6) is 0 Å². The van der Waals surface area contributed by atoms with Gasteiger partial charge in [-0.1, -0.05) is 6.42 Å². The van der Waals surface area contributed by atoms with Crippen molar-refractivity contribution in [2.24, 2.45) is 0 Å². The van der Waals surface area contributed by atoms with Gasteiger partial charge in [-0.25, -0.2) is 14.2 Å². The predicted octanol–water partition coefficient (Wildman–Crippen LogP) is 3.99. The zero-order chi connectivity index (χ0) is 18.1. The van der Waals surface area contributed by atoms with Crippen LogP contribution in [0, 0.1) is 5.82 Å². The highest BCUT2D eigenvalue weighted by Gasteiger charge is 2.25. The molecule has 2 aromatic carbocycles. The first-order chi connectivity index (χ1) is 12.6. The molecule has 0 aliphatic heterocycles. The molecule has 0 radical (unpaired) electrons. The molecule has 5 nitrogen and oxygen atoms in total. The summed E-state index contributed by atoms with van der Waals surface area (Å²) in [6.45, 7) is 0. The van der Waals surface area contributed by atoms with Crippen LogP contribution >= 0.6 is 0 Å². The second-order valence-electron chi connectivity index (χ2n) is 6.48. The first kappa shape index (κ1) is 16.6. The second kappa shape index (κ2) is 6.80. The number of carbonyl (C=O) groups excluding carboxylic acids is 1. The van der Waals surface area contributed by atoms with E-state index in [2.05, 4.69) is 9.97 Å². The Kier molecular flexibility index (Phi) is 4.34. The topological polar surface area (TPSA) is 55.3 Å². The summed E-state index contributed by atoms with van der Waals surface area (Å²) in [4.78, 5) is 26.6. The molecule has 0 unspecified atom stereocenters. The molecule has 6 heteroatoms. The smallest absolute Gasteiger partial charge is 0.357 e. The molecule has 0 spiro atoms. The van der Waals surface area contributed by atoms with Crippen LogP contribution in [0.3, 0.4) is 0 Å². The highest BCUT2D eigenvalue weighted by Crippen LogP contribution is 2.25. The molecule has 0 atom stereocenters. The van der Waals surface area contributed by atoms with Crippen LogP contribution in [-0.4, -0.2) is 34.1 Å². The molecule has 4 rings (SSSR count). The lowest BCUT2D eigenvalue weighted by Gasteiger charge is -2.32. The summed E-state index contributed by atoms with van der Waals surface area (Å²) >= 11 is 0. The highest BCUT2D eigenvalue weighted by atomic mass is 19.1. The number of rotatable bonds is 4. The van der Waals surface area contributed by atoms with Gasteiger partial charge in [0.15, 0.2) is 0 Å². The average Bonchev–Trinajstić information content (AvgIpc) is 2.60. The summed E-state index contributed by atoms with van der Waals surface area (Å²) in [5, 5.41) is 1.64. The van der Waals surface area contributed by atoms with Crippen LogP contribution in [-0.2, 0) is 4.84 Å². The average molecular weight is 351 g/mol. The Labute approximate surface area is 150 Å². The van der Waals surface area contributed by atoms with Crippen LogP contribution in [0.25, 0.3) is 22.3 Å². The number of hydrogen-bond donors (Lipinski definition) is 0. The van der Waals surface area contributed by atoms with Gasteiger partial charge < -0.3 is 4.84 Å². The summed E-state index contributed by atoms with van der Waals surface area (Å²) in [5.74, 6) is -0.691. The van der Waals surface area contributed by atoms with Gasteiger partial charge in [-0.3, -0.25) is 4.98 Å². The first-order valence-corrected chi connectivity index (χ1v) is 8.58. The Morgan fingerprint density at radius 2 is 1.92 bits per heavy atom. The van der Waals surface area contributed by atoms with Crippen molar-refractivity contribution in [2.45, 2.75) is 25.3 Å². The number of fused-ring (bicyclic) bond motifs is 1. The van der Waals surface area contributed by atoms with Crippen LogP contribution in [0.2, 0.25) is 0 Å². The molecule has 1 fully saturated rings. The third-order valence-corrected chi connectivity index (χ3v) is 4.73. The molecular formula is C20H18FN3O2. The lowest BCUT2D eigenvalue weighted by molar-refractivity contribution is -0.135. The van der Waals surface area contributed by atoms with Crippen LogP contribution in [0.15, 0.2) is 48.7 Å². The van der Waals surface area contributed by atoms with Gasteiger partial charge in [0, 0.05) is 18.7 Å². The predicted molar refractivity (Wildman–Crippen MR) is 95.7 cm³/mol. The van der Waals surface area contributed by atoms with Gasteiger partial charge in [0.05, 0.1) is 28.5 Å². The number of benzene rings is 2. The number of hydrogen-bond acceptors (Lipinski definition) is 5. The standard InChI is InChI=1S/C20H18FN3O2/c1-24(16-3-2-4-16)26-20(25)14-7-10-17-18(11-14)22-12-19(23-17)13-5-8-15(21)9-6-13/h5-12,16H,2-4H2,1H3. The summed E-state index contributed by atoms with van der Waals surface area (Å²) in [7, 11) is 1.79. The van der Waals surface area contributed by atoms with E-state index in [9.17, 15) is 9.18 Å². The molecule has 1 aromatic heterocycles. The van der Waals surface area contributed by atoms with Crippen molar-refractivity contribution < 1.29 is 14.0 Å². The number of aromatic nitrogens is 2. The SMILES string of the molecule is CN(OC(=O)c1ccc2nc(-c3ccc(F)cc3)cnc2c1)C1CCC1.